The zero-order valence-electron chi connectivity index (χ0n) is 14.7. The summed E-state index contributed by atoms with van der Waals surface area (Å²) in [6.45, 7) is 1.58. The molecule has 0 aromatic heterocycles. The molecule has 0 saturated heterocycles. The molecule has 0 bridgehead atoms. The number of ether oxygens (including phenoxy) is 2. The molecule has 1 atom stereocenters. The van der Waals surface area contributed by atoms with Crippen molar-refractivity contribution in [2.75, 3.05) is 19.5 Å². The third-order valence-corrected chi connectivity index (χ3v) is 3.46. The Hall–Kier alpha value is -3.53. The molecular weight excluding hydrogens is 334 g/mol. The van der Waals surface area contributed by atoms with E-state index in [4.69, 9.17) is 19.6 Å². The molecule has 2 aromatic rings. The number of hydrogen-bond donors (Lipinski definition) is 1. The Balaban J connectivity index is 1.94. The number of methoxy groups -OCH3 is 2. The largest absolute Gasteiger partial charge is 0.493 e. The Morgan fingerprint density at radius 3 is 2.65 bits per heavy atom. The highest BCUT2D eigenvalue weighted by atomic mass is 16.6. The van der Waals surface area contributed by atoms with Gasteiger partial charge in [0.15, 0.2) is 11.5 Å². The van der Waals surface area contributed by atoms with E-state index in [1.165, 1.54) is 6.21 Å². The Kier molecular flexibility index (Phi) is 6.57. The van der Waals surface area contributed by atoms with E-state index in [0.717, 1.165) is 5.56 Å². The lowest BCUT2D eigenvalue weighted by molar-refractivity contribution is -0.126. The number of nitrogens with one attached hydrogen (secondary N) is 1. The van der Waals surface area contributed by atoms with Crippen LogP contribution in [0.25, 0.3) is 0 Å². The molecule has 7 heteroatoms. The minimum atomic E-state index is -0.808. The van der Waals surface area contributed by atoms with Crippen molar-refractivity contribution < 1.29 is 19.1 Å². The van der Waals surface area contributed by atoms with E-state index in [0.29, 0.717) is 22.7 Å². The molecule has 0 unspecified atom stereocenters. The van der Waals surface area contributed by atoms with Crippen molar-refractivity contribution in [2.24, 2.45) is 5.16 Å². The van der Waals surface area contributed by atoms with Gasteiger partial charge in [-0.05, 0) is 43.3 Å². The molecule has 0 fully saturated rings. The van der Waals surface area contributed by atoms with E-state index < -0.39 is 6.10 Å². The summed E-state index contributed by atoms with van der Waals surface area (Å²) in [5.74, 6) is 0.807. The van der Waals surface area contributed by atoms with Crippen LogP contribution in [0.3, 0.4) is 0 Å². The van der Waals surface area contributed by atoms with Crippen LogP contribution in [0.4, 0.5) is 5.69 Å². The van der Waals surface area contributed by atoms with Crippen LogP contribution < -0.4 is 14.8 Å². The van der Waals surface area contributed by atoms with Gasteiger partial charge in [0, 0.05) is 11.3 Å². The fourth-order valence-corrected chi connectivity index (χ4v) is 2.07. The molecule has 7 nitrogen and oxygen atoms in total. The maximum Gasteiger partial charge on any atom is 0.267 e. The summed E-state index contributed by atoms with van der Waals surface area (Å²) < 4.78 is 10.4. The maximum absolute atomic E-state index is 12.1. The molecular formula is C19H19N3O4. The molecule has 1 amide bonds. The van der Waals surface area contributed by atoms with Crippen molar-refractivity contribution in [3.8, 4) is 17.6 Å². The third kappa shape index (κ3) is 4.98. The number of amides is 1. The van der Waals surface area contributed by atoms with Crippen LogP contribution in [0, 0.1) is 11.3 Å². The average molecular weight is 353 g/mol. The van der Waals surface area contributed by atoms with Crippen LogP contribution >= 0.6 is 0 Å². The highest BCUT2D eigenvalue weighted by molar-refractivity contribution is 5.94. The highest BCUT2D eigenvalue weighted by Crippen LogP contribution is 2.26. The molecule has 0 heterocycles. The van der Waals surface area contributed by atoms with Crippen LogP contribution in [-0.4, -0.2) is 32.4 Å². The predicted molar refractivity (Wildman–Crippen MR) is 97.5 cm³/mol. The number of hydrogen-bond acceptors (Lipinski definition) is 6. The van der Waals surface area contributed by atoms with E-state index in [1.54, 1.807) is 63.6 Å². The van der Waals surface area contributed by atoms with Crippen LogP contribution in [0.1, 0.15) is 18.1 Å². The molecule has 26 heavy (non-hydrogen) atoms. The van der Waals surface area contributed by atoms with E-state index in [-0.39, 0.29) is 5.91 Å². The Morgan fingerprint density at radius 1 is 1.19 bits per heavy atom. The summed E-state index contributed by atoms with van der Waals surface area (Å²) in [5, 5.41) is 15.4. The van der Waals surface area contributed by atoms with Crippen molar-refractivity contribution >= 4 is 17.8 Å². The van der Waals surface area contributed by atoms with Gasteiger partial charge in [-0.2, -0.15) is 5.26 Å². The minimum Gasteiger partial charge on any atom is -0.493 e. The number of benzene rings is 2. The van der Waals surface area contributed by atoms with Crippen LogP contribution in [0.2, 0.25) is 0 Å². The van der Waals surface area contributed by atoms with Crippen LogP contribution in [0.15, 0.2) is 47.6 Å². The Labute approximate surface area is 151 Å². The van der Waals surface area contributed by atoms with Crippen molar-refractivity contribution in [3.05, 3.63) is 53.6 Å². The highest BCUT2D eigenvalue weighted by Gasteiger charge is 2.14. The number of nitriles is 1. The second-order valence-corrected chi connectivity index (χ2v) is 5.28. The predicted octanol–water partition coefficient (Wildman–Crippen LogP) is 2.95. The molecule has 2 aromatic carbocycles. The summed E-state index contributed by atoms with van der Waals surface area (Å²) in [4.78, 5) is 17.3. The number of nitrogens with zero attached hydrogens (tertiary/aromatic N) is 2. The maximum atomic E-state index is 12.1. The zero-order valence-corrected chi connectivity index (χ0v) is 14.7. The van der Waals surface area contributed by atoms with Gasteiger partial charge in [0.1, 0.15) is 0 Å². The molecule has 0 aliphatic rings. The van der Waals surface area contributed by atoms with Gasteiger partial charge >= 0.3 is 0 Å². The molecule has 0 saturated carbocycles. The lowest BCUT2D eigenvalue weighted by Gasteiger charge is -2.11. The van der Waals surface area contributed by atoms with Crippen molar-refractivity contribution in [2.45, 2.75) is 13.0 Å². The smallest absolute Gasteiger partial charge is 0.267 e. The van der Waals surface area contributed by atoms with Crippen LogP contribution in [0.5, 0.6) is 11.5 Å². The van der Waals surface area contributed by atoms with Crippen molar-refractivity contribution in [3.63, 3.8) is 0 Å². The normalized spacial score (nSPS) is 11.5. The molecule has 0 spiro atoms. The fourth-order valence-electron chi connectivity index (χ4n) is 2.07. The van der Waals surface area contributed by atoms with E-state index in [1.807, 2.05) is 6.07 Å². The topological polar surface area (TPSA) is 92.9 Å². The molecule has 0 aliphatic heterocycles. The van der Waals surface area contributed by atoms with Gasteiger partial charge in [0.05, 0.1) is 32.1 Å². The van der Waals surface area contributed by atoms with Gasteiger partial charge in [-0.25, -0.2) is 0 Å². The molecule has 0 aliphatic carbocycles. The first-order chi connectivity index (χ1) is 12.6. The van der Waals surface area contributed by atoms with E-state index in [9.17, 15) is 4.79 Å². The van der Waals surface area contributed by atoms with E-state index >= 15 is 0 Å². The number of oxime groups is 1. The molecule has 134 valence electrons. The SMILES string of the molecule is COc1ccc(/C=N\O[C@H](C)C(=O)Nc2cccc(C#N)c2)cc1OC. The van der Waals surface area contributed by atoms with Crippen molar-refractivity contribution in [1.29, 1.82) is 5.26 Å². The summed E-state index contributed by atoms with van der Waals surface area (Å²) in [6, 6.07) is 13.9. The molecule has 2 rings (SSSR count). The summed E-state index contributed by atoms with van der Waals surface area (Å²) in [5.41, 5.74) is 1.72. The van der Waals surface area contributed by atoms with Gasteiger partial charge in [-0.3, -0.25) is 4.79 Å². The van der Waals surface area contributed by atoms with Crippen molar-refractivity contribution in [1.82, 2.24) is 0 Å². The zero-order chi connectivity index (χ0) is 18.9. The number of carbonyl (C=O) groups is 1. The lowest BCUT2D eigenvalue weighted by Crippen LogP contribution is -2.26. The average Bonchev–Trinajstić information content (AvgIpc) is 2.67. The van der Waals surface area contributed by atoms with Gasteiger partial charge < -0.3 is 19.6 Å². The summed E-state index contributed by atoms with van der Waals surface area (Å²) >= 11 is 0. The second kappa shape index (κ2) is 9.08. The van der Waals surface area contributed by atoms with Gasteiger partial charge in [-0.1, -0.05) is 11.2 Å². The summed E-state index contributed by atoms with van der Waals surface area (Å²) in [6.07, 6.45) is 0.666. The first-order valence-corrected chi connectivity index (χ1v) is 7.79. The van der Waals surface area contributed by atoms with Gasteiger partial charge in [-0.15, -0.1) is 0 Å². The quantitative estimate of drug-likeness (QED) is 0.610. The number of rotatable bonds is 7. The van der Waals surface area contributed by atoms with Gasteiger partial charge in [0.25, 0.3) is 5.91 Å². The standard InChI is InChI=1S/C19H19N3O4/c1-13(19(23)22-16-6-4-5-14(9-16)11-20)26-21-12-15-7-8-17(24-2)18(10-15)25-3/h4-10,12-13H,1-3H3,(H,22,23)/b21-12-/t13-/m1/s1. The summed E-state index contributed by atoms with van der Waals surface area (Å²) in [7, 11) is 3.10. The number of anilines is 1. The second-order valence-electron chi connectivity index (χ2n) is 5.28. The van der Waals surface area contributed by atoms with Gasteiger partial charge in [0.2, 0.25) is 6.10 Å². The first-order valence-electron chi connectivity index (χ1n) is 7.79. The first kappa shape index (κ1) is 18.8. The Bertz CT molecular complexity index is 843. The van der Waals surface area contributed by atoms with Crippen LogP contribution in [-0.2, 0) is 9.63 Å². The lowest BCUT2D eigenvalue weighted by atomic mass is 10.2. The molecule has 1 N–H and O–H groups in total. The molecule has 0 radical (unpaired) electrons. The minimum absolute atomic E-state index is 0.371. The monoisotopic (exact) mass is 353 g/mol. The van der Waals surface area contributed by atoms with E-state index in [2.05, 4.69) is 10.5 Å². The number of carbonyl (C=O) groups excluding carboxylic acids is 1. The fraction of sp³-hybridized carbons (Fsp3) is 0.211. The Morgan fingerprint density at radius 2 is 1.96 bits per heavy atom. The third-order valence-electron chi connectivity index (χ3n) is 3.46.